The van der Waals surface area contributed by atoms with E-state index in [1.165, 1.54) is 6.21 Å². The molecule has 0 radical (unpaired) electrons. The van der Waals surface area contributed by atoms with Crippen LogP contribution in [0.4, 0.5) is 0 Å². The second kappa shape index (κ2) is 7.80. The monoisotopic (exact) mass is 305 g/mol. The highest BCUT2D eigenvalue weighted by molar-refractivity contribution is 6.69. The van der Waals surface area contributed by atoms with Gasteiger partial charge in [0, 0.05) is 5.92 Å². The Kier molecular flexibility index (Phi) is 6.39. The smallest absolute Gasteiger partial charge is 0.228 e. The van der Waals surface area contributed by atoms with E-state index in [2.05, 4.69) is 28.1 Å². The molecule has 1 rings (SSSR count). The van der Waals surface area contributed by atoms with Gasteiger partial charge in [0.05, 0.1) is 6.21 Å². The molecular weight excluding hydrogens is 286 g/mol. The van der Waals surface area contributed by atoms with Crippen LogP contribution >= 0.6 is 11.6 Å². The van der Waals surface area contributed by atoms with Crippen LogP contribution in [0.2, 0.25) is 0 Å². The van der Waals surface area contributed by atoms with Gasteiger partial charge in [0.15, 0.2) is 5.17 Å². The fraction of sp³-hybridized carbons (Fsp3) is 0.438. The molecule has 0 aliphatic carbocycles. The number of terminal acetylenes is 1. The number of nitrogens with one attached hydrogen (secondary N) is 1. The molecule has 1 N–H and O–H groups in total. The summed E-state index contributed by atoms with van der Waals surface area (Å²) in [5.74, 6) is 2.79. The predicted octanol–water partition coefficient (Wildman–Crippen LogP) is 3.26. The Morgan fingerprint density at radius 1 is 1.67 bits per heavy atom. The number of nitrogens with zero attached hydrogens (tertiary/aromatic N) is 2. The molecule has 0 aromatic rings. The van der Waals surface area contributed by atoms with E-state index in [0.29, 0.717) is 11.5 Å². The Morgan fingerprint density at radius 3 is 2.90 bits per heavy atom. The molecule has 1 unspecified atom stereocenters. The molecule has 4 nitrogen and oxygen atoms in total. The number of allylic oxidation sites excluding steroid dienone is 3. The van der Waals surface area contributed by atoms with Crippen molar-refractivity contribution in [2.24, 2.45) is 21.8 Å². The fourth-order valence-electron chi connectivity index (χ4n) is 1.67. The molecule has 0 fully saturated rings. The average Bonchev–Trinajstić information content (AvgIpc) is 2.43. The molecule has 0 spiro atoms. The van der Waals surface area contributed by atoms with E-state index >= 15 is 0 Å². The quantitative estimate of drug-likeness (QED) is 0.631. The topological polar surface area (TPSA) is 53.8 Å². The second-order valence-corrected chi connectivity index (χ2v) is 5.59. The number of halogens is 1. The average molecular weight is 306 g/mol. The van der Waals surface area contributed by atoms with Gasteiger partial charge in [-0.3, -0.25) is 4.79 Å². The van der Waals surface area contributed by atoms with Crippen LogP contribution in [0.1, 0.15) is 34.1 Å². The van der Waals surface area contributed by atoms with Crippen molar-refractivity contribution < 1.29 is 4.79 Å². The molecular formula is C16H20ClN3O. The van der Waals surface area contributed by atoms with Crippen LogP contribution in [-0.4, -0.2) is 17.3 Å². The molecule has 0 saturated carbocycles. The Bertz CT molecular complexity index is 577. The van der Waals surface area contributed by atoms with Crippen LogP contribution in [0.3, 0.4) is 0 Å². The molecule has 0 aromatic carbocycles. The maximum absolute atomic E-state index is 11.8. The zero-order valence-electron chi connectivity index (χ0n) is 12.8. The van der Waals surface area contributed by atoms with Crippen molar-refractivity contribution >= 4 is 28.9 Å². The second-order valence-electron chi connectivity index (χ2n) is 5.23. The van der Waals surface area contributed by atoms with E-state index in [1.807, 2.05) is 26.8 Å². The molecule has 1 atom stereocenters. The van der Waals surface area contributed by atoms with E-state index in [9.17, 15) is 4.79 Å². The van der Waals surface area contributed by atoms with Gasteiger partial charge in [0.2, 0.25) is 5.91 Å². The first-order valence-electron chi connectivity index (χ1n) is 6.81. The molecule has 5 heteroatoms. The Morgan fingerprint density at radius 2 is 2.33 bits per heavy atom. The minimum Gasteiger partial charge on any atom is -0.311 e. The van der Waals surface area contributed by atoms with Gasteiger partial charge in [0.25, 0.3) is 0 Å². The van der Waals surface area contributed by atoms with Crippen molar-refractivity contribution in [3.8, 4) is 12.3 Å². The van der Waals surface area contributed by atoms with Crippen molar-refractivity contribution in [1.29, 1.82) is 0 Å². The normalized spacial score (nSPS) is 28.1. The van der Waals surface area contributed by atoms with Gasteiger partial charge in [-0.15, -0.1) is 6.42 Å². The molecule has 0 aromatic heterocycles. The SMILES string of the molecule is C#CC=NC1=C(/C)C(C)C/C=C(NC(=O)C(C)C)/N=C/1Cl. The van der Waals surface area contributed by atoms with Gasteiger partial charge < -0.3 is 5.32 Å². The van der Waals surface area contributed by atoms with Crippen LogP contribution in [0.15, 0.2) is 33.2 Å². The summed E-state index contributed by atoms with van der Waals surface area (Å²) in [6, 6.07) is 0. The molecule has 112 valence electrons. The van der Waals surface area contributed by atoms with E-state index in [-0.39, 0.29) is 22.9 Å². The Balaban J connectivity index is 3.16. The molecule has 1 aliphatic rings. The van der Waals surface area contributed by atoms with Crippen LogP contribution in [0, 0.1) is 24.2 Å². The van der Waals surface area contributed by atoms with E-state index in [1.54, 1.807) is 0 Å². The van der Waals surface area contributed by atoms with Crippen molar-refractivity contribution in [2.75, 3.05) is 0 Å². The first-order valence-corrected chi connectivity index (χ1v) is 7.19. The summed E-state index contributed by atoms with van der Waals surface area (Å²) in [7, 11) is 0. The molecule has 1 aliphatic heterocycles. The maximum Gasteiger partial charge on any atom is 0.228 e. The number of amides is 1. The minimum absolute atomic E-state index is 0.0999. The van der Waals surface area contributed by atoms with Crippen molar-refractivity contribution in [3.05, 3.63) is 23.2 Å². The highest BCUT2D eigenvalue weighted by atomic mass is 35.5. The minimum atomic E-state index is -0.126. The number of carbonyl (C=O) groups excluding carboxylic acids is 1. The molecule has 0 bridgehead atoms. The summed E-state index contributed by atoms with van der Waals surface area (Å²) < 4.78 is 0. The van der Waals surface area contributed by atoms with E-state index < -0.39 is 0 Å². The molecule has 0 saturated heterocycles. The first kappa shape index (κ1) is 17.2. The third-order valence-corrected chi connectivity index (χ3v) is 3.50. The summed E-state index contributed by atoms with van der Waals surface area (Å²) in [6.45, 7) is 7.66. The Hall–Kier alpha value is -1.86. The van der Waals surface area contributed by atoms with Crippen LogP contribution < -0.4 is 5.32 Å². The van der Waals surface area contributed by atoms with Gasteiger partial charge in [-0.25, -0.2) is 9.98 Å². The number of carbonyl (C=O) groups is 1. The lowest BCUT2D eigenvalue weighted by Gasteiger charge is -2.17. The molecule has 1 amide bonds. The zero-order chi connectivity index (χ0) is 16.0. The number of rotatable bonds is 3. The van der Waals surface area contributed by atoms with Gasteiger partial charge in [-0.05, 0) is 30.9 Å². The lowest BCUT2D eigenvalue weighted by Crippen LogP contribution is -2.27. The van der Waals surface area contributed by atoms with Crippen molar-refractivity contribution in [1.82, 2.24) is 5.32 Å². The van der Waals surface area contributed by atoms with Crippen LogP contribution in [-0.2, 0) is 4.79 Å². The molecule has 21 heavy (non-hydrogen) atoms. The summed E-state index contributed by atoms with van der Waals surface area (Å²) in [5.41, 5.74) is 1.58. The summed E-state index contributed by atoms with van der Waals surface area (Å²) in [4.78, 5) is 20.2. The van der Waals surface area contributed by atoms with Gasteiger partial charge in [-0.1, -0.05) is 38.3 Å². The van der Waals surface area contributed by atoms with Gasteiger partial charge in [0.1, 0.15) is 11.5 Å². The third-order valence-electron chi connectivity index (χ3n) is 3.24. The number of hydrogen-bond acceptors (Lipinski definition) is 3. The van der Waals surface area contributed by atoms with E-state index in [4.69, 9.17) is 18.0 Å². The highest BCUT2D eigenvalue weighted by Gasteiger charge is 2.17. The standard InChI is InChI=1S/C16H20ClN3O/c1-6-9-18-14-12(5)11(4)7-8-13(19-15(14)17)20-16(21)10(2)3/h1,8-11H,7H2,2-5H3,(H,20,21)/b13-8-,14-12+,18-9?,19-15-. The maximum atomic E-state index is 11.8. The van der Waals surface area contributed by atoms with Crippen LogP contribution in [0.5, 0.6) is 0 Å². The zero-order valence-corrected chi connectivity index (χ0v) is 13.5. The van der Waals surface area contributed by atoms with Gasteiger partial charge >= 0.3 is 0 Å². The lowest BCUT2D eigenvalue weighted by molar-refractivity contribution is -0.123. The largest absolute Gasteiger partial charge is 0.311 e. The molecule has 1 heterocycles. The van der Waals surface area contributed by atoms with Crippen molar-refractivity contribution in [2.45, 2.75) is 34.1 Å². The van der Waals surface area contributed by atoms with Gasteiger partial charge in [-0.2, -0.15) is 0 Å². The van der Waals surface area contributed by atoms with Crippen molar-refractivity contribution in [3.63, 3.8) is 0 Å². The lowest BCUT2D eigenvalue weighted by atomic mass is 9.96. The Labute approximate surface area is 131 Å². The predicted molar refractivity (Wildman–Crippen MR) is 88.2 cm³/mol. The van der Waals surface area contributed by atoms with Crippen LogP contribution in [0.25, 0.3) is 0 Å². The summed E-state index contributed by atoms with van der Waals surface area (Å²) in [5, 5.41) is 2.99. The fourth-order valence-corrected chi connectivity index (χ4v) is 1.96. The van der Waals surface area contributed by atoms with E-state index in [0.717, 1.165) is 12.0 Å². The highest BCUT2D eigenvalue weighted by Crippen LogP contribution is 2.25. The number of aliphatic imine (C=N–C) groups is 2. The number of hydrogen-bond donors (Lipinski definition) is 1. The third kappa shape index (κ3) is 4.87. The summed E-state index contributed by atoms with van der Waals surface area (Å²) in [6.07, 6.45) is 9.15. The first-order chi connectivity index (χ1) is 9.86. The summed E-state index contributed by atoms with van der Waals surface area (Å²) >= 11 is 6.23.